The van der Waals surface area contributed by atoms with Gasteiger partial charge >= 0.3 is 0 Å². The Hall–Kier alpha value is -2.08. The first-order valence-electron chi connectivity index (χ1n) is 9.64. The summed E-state index contributed by atoms with van der Waals surface area (Å²) in [5.74, 6) is -0.421. The monoisotopic (exact) mass is 360 g/mol. The summed E-state index contributed by atoms with van der Waals surface area (Å²) in [7, 11) is 4.30. The molecular formula is C20H32N4O2. The average Bonchev–Trinajstić information content (AvgIpc) is 2.66. The molecule has 2 aliphatic rings. The summed E-state index contributed by atoms with van der Waals surface area (Å²) in [6.07, 6.45) is 3.30. The van der Waals surface area contributed by atoms with Gasteiger partial charge in [0.25, 0.3) is 0 Å². The van der Waals surface area contributed by atoms with Crippen molar-refractivity contribution in [2.45, 2.75) is 51.6 Å². The minimum atomic E-state index is -0.329. The third-order valence-corrected chi connectivity index (χ3v) is 5.01. The second-order valence-corrected chi connectivity index (χ2v) is 6.88. The number of hydrogen-bond acceptors (Lipinski definition) is 5. The molecule has 2 heterocycles. The lowest BCUT2D eigenvalue weighted by molar-refractivity contribution is -0.133. The Morgan fingerprint density at radius 3 is 2.19 bits per heavy atom. The van der Waals surface area contributed by atoms with E-state index >= 15 is 0 Å². The Labute approximate surface area is 156 Å². The maximum absolute atomic E-state index is 11.8. The van der Waals surface area contributed by atoms with Crippen LogP contribution >= 0.6 is 0 Å². The van der Waals surface area contributed by atoms with Crippen molar-refractivity contribution in [2.75, 3.05) is 37.4 Å². The van der Waals surface area contributed by atoms with E-state index in [0.29, 0.717) is 18.9 Å². The Balaban J connectivity index is 0.00000117. The zero-order valence-electron chi connectivity index (χ0n) is 16.4. The predicted molar refractivity (Wildman–Crippen MR) is 107 cm³/mol. The first-order chi connectivity index (χ1) is 12.5. The normalized spacial score (nSPS) is 21.1. The lowest BCUT2D eigenvalue weighted by Gasteiger charge is -2.36. The topological polar surface area (TPSA) is 64.7 Å². The van der Waals surface area contributed by atoms with Crippen LogP contribution in [0.25, 0.3) is 0 Å². The standard InChI is InChI=1S/C18H26N4O2.C2H6/c1-21(2)14-9-11-22(12-10-14)15-5-3-13(4-6-15)19-16-7-8-17(23)20-18(16)24;1-2/h3-6,14,16,19H,7-12H2,1-2H3,(H,20,23,24);1-2H3. The van der Waals surface area contributed by atoms with Crippen molar-refractivity contribution < 1.29 is 9.59 Å². The van der Waals surface area contributed by atoms with E-state index in [1.807, 2.05) is 26.0 Å². The summed E-state index contributed by atoms with van der Waals surface area (Å²) in [4.78, 5) is 27.7. The van der Waals surface area contributed by atoms with Gasteiger partial charge in [0.15, 0.2) is 0 Å². The molecule has 0 aromatic heterocycles. The van der Waals surface area contributed by atoms with Crippen LogP contribution in [-0.2, 0) is 9.59 Å². The van der Waals surface area contributed by atoms with Gasteiger partial charge in [0.1, 0.15) is 6.04 Å². The number of nitrogens with one attached hydrogen (secondary N) is 2. The quantitative estimate of drug-likeness (QED) is 0.808. The molecular weight excluding hydrogens is 328 g/mol. The minimum absolute atomic E-state index is 0.186. The van der Waals surface area contributed by atoms with Crippen molar-refractivity contribution in [1.29, 1.82) is 0 Å². The van der Waals surface area contributed by atoms with E-state index in [2.05, 4.69) is 46.7 Å². The van der Waals surface area contributed by atoms with Gasteiger partial charge in [-0.1, -0.05) is 13.8 Å². The van der Waals surface area contributed by atoms with Crippen LogP contribution in [0.15, 0.2) is 24.3 Å². The molecule has 1 unspecified atom stereocenters. The van der Waals surface area contributed by atoms with E-state index in [9.17, 15) is 9.59 Å². The van der Waals surface area contributed by atoms with Gasteiger partial charge in [0.2, 0.25) is 11.8 Å². The van der Waals surface area contributed by atoms with E-state index in [1.54, 1.807) is 0 Å². The average molecular weight is 361 g/mol. The highest BCUT2D eigenvalue weighted by molar-refractivity contribution is 6.01. The highest BCUT2D eigenvalue weighted by Gasteiger charge is 2.26. The molecule has 1 aromatic rings. The molecule has 1 atom stereocenters. The van der Waals surface area contributed by atoms with Crippen LogP contribution in [0.1, 0.15) is 39.5 Å². The fraction of sp³-hybridized carbons (Fsp3) is 0.600. The van der Waals surface area contributed by atoms with E-state index in [4.69, 9.17) is 0 Å². The van der Waals surface area contributed by atoms with Crippen LogP contribution in [-0.4, -0.2) is 56.0 Å². The van der Waals surface area contributed by atoms with Gasteiger partial charge < -0.3 is 15.1 Å². The molecule has 26 heavy (non-hydrogen) atoms. The number of hydrogen-bond donors (Lipinski definition) is 2. The Morgan fingerprint density at radius 2 is 1.65 bits per heavy atom. The first kappa shape index (κ1) is 20.2. The summed E-state index contributed by atoms with van der Waals surface area (Å²) in [5.41, 5.74) is 2.14. The molecule has 2 amide bonds. The SMILES string of the molecule is CC.CN(C)C1CCN(c2ccc(NC3CCC(=O)NC3=O)cc2)CC1. The zero-order chi connectivity index (χ0) is 19.1. The molecule has 144 valence electrons. The van der Waals surface area contributed by atoms with Crippen molar-refractivity contribution in [2.24, 2.45) is 0 Å². The fourth-order valence-electron chi connectivity index (χ4n) is 3.44. The molecule has 3 rings (SSSR count). The van der Waals surface area contributed by atoms with Crippen LogP contribution in [0.2, 0.25) is 0 Å². The summed E-state index contributed by atoms with van der Waals surface area (Å²) in [6, 6.07) is 8.57. The second kappa shape index (κ2) is 9.57. The molecule has 0 aliphatic carbocycles. The lowest BCUT2D eigenvalue weighted by Crippen LogP contribution is -2.47. The van der Waals surface area contributed by atoms with Crippen molar-refractivity contribution in [3.63, 3.8) is 0 Å². The number of rotatable bonds is 4. The maximum Gasteiger partial charge on any atom is 0.249 e. The lowest BCUT2D eigenvalue weighted by atomic mass is 10.0. The van der Waals surface area contributed by atoms with Crippen molar-refractivity contribution >= 4 is 23.2 Å². The third kappa shape index (κ3) is 5.21. The van der Waals surface area contributed by atoms with Gasteiger partial charge in [-0.3, -0.25) is 14.9 Å². The molecule has 0 saturated carbocycles. The first-order valence-corrected chi connectivity index (χ1v) is 9.64. The van der Waals surface area contributed by atoms with Gasteiger partial charge in [-0.15, -0.1) is 0 Å². The van der Waals surface area contributed by atoms with Crippen LogP contribution in [0.3, 0.4) is 0 Å². The number of nitrogens with zero attached hydrogens (tertiary/aromatic N) is 2. The molecule has 1 aromatic carbocycles. The number of piperidine rings is 2. The largest absolute Gasteiger partial charge is 0.374 e. The van der Waals surface area contributed by atoms with Crippen LogP contribution in [0, 0.1) is 0 Å². The Morgan fingerprint density at radius 1 is 1.04 bits per heavy atom. The summed E-state index contributed by atoms with van der Waals surface area (Å²) < 4.78 is 0. The zero-order valence-corrected chi connectivity index (χ0v) is 16.4. The number of benzene rings is 1. The number of anilines is 2. The highest BCUT2D eigenvalue weighted by atomic mass is 16.2. The molecule has 2 saturated heterocycles. The van der Waals surface area contributed by atoms with Crippen molar-refractivity contribution in [1.82, 2.24) is 10.2 Å². The van der Waals surface area contributed by atoms with Crippen molar-refractivity contribution in [3.05, 3.63) is 24.3 Å². The molecule has 0 spiro atoms. The number of carbonyl (C=O) groups excluding carboxylic acids is 2. The minimum Gasteiger partial charge on any atom is -0.374 e. The molecule has 2 aliphatic heterocycles. The van der Waals surface area contributed by atoms with Gasteiger partial charge in [-0.2, -0.15) is 0 Å². The van der Waals surface area contributed by atoms with Crippen LogP contribution < -0.4 is 15.5 Å². The summed E-state index contributed by atoms with van der Waals surface area (Å²) >= 11 is 0. The third-order valence-electron chi connectivity index (χ3n) is 5.01. The maximum atomic E-state index is 11.8. The van der Waals surface area contributed by atoms with Gasteiger partial charge in [0, 0.05) is 36.9 Å². The second-order valence-electron chi connectivity index (χ2n) is 6.88. The van der Waals surface area contributed by atoms with Gasteiger partial charge in [-0.25, -0.2) is 0 Å². The number of carbonyl (C=O) groups is 2. The molecule has 2 fully saturated rings. The van der Waals surface area contributed by atoms with E-state index in [1.165, 1.54) is 18.5 Å². The molecule has 2 N–H and O–H groups in total. The van der Waals surface area contributed by atoms with Crippen LogP contribution in [0.4, 0.5) is 11.4 Å². The van der Waals surface area contributed by atoms with E-state index < -0.39 is 0 Å². The summed E-state index contributed by atoms with van der Waals surface area (Å²) in [6.45, 7) is 6.14. The number of imide groups is 1. The molecule has 6 nitrogen and oxygen atoms in total. The van der Waals surface area contributed by atoms with Gasteiger partial charge in [0.05, 0.1) is 0 Å². The molecule has 0 radical (unpaired) electrons. The van der Waals surface area contributed by atoms with Crippen molar-refractivity contribution in [3.8, 4) is 0 Å². The molecule has 0 bridgehead atoms. The number of amides is 2. The van der Waals surface area contributed by atoms with E-state index in [-0.39, 0.29) is 17.9 Å². The highest BCUT2D eigenvalue weighted by Crippen LogP contribution is 2.24. The smallest absolute Gasteiger partial charge is 0.249 e. The Bertz CT molecular complexity index is 592. The Kier molecular flexibility index (Phi) is 7.45. The summed E-state index contributed by atoms with van der Waals surface area (Å²) in [5, 5.41) is 5.59. The fourth-order valence-corrected chi connectivity index (χ4v) is 3.44. The molecule has 6 heteroatoms. The van der Waals surface area contributed by atoms with E-state index in [0.717, 1.165) is 18.8 Å². The van der Waals surface area contributed by atoms with Crippen LogP contribution in [0.5, 0.6) is 0 Å². The predicted octanol–water partition coefficient (Wildman–Crippen LogP) is 2.46. The van der Waals surface area contributed by atoms with Gasteiger partial charge in [-0.05, 0) is 57.6 Å².